The molecule has 0 aliphatic carbocycles. The number of carbonyl (C=O) groups excluding carboxylic acids is 1. The first-order valence-electron chi connectivity index (χ1n) is 7.81. The lowest BCUT2D eigenvalue weighted by Crippen LogP contribution is -2.56. The molecule has 0 saturated carbocycles. The van der Waals surface area contributed by atoms with E-state index in [1.807, 2.05) is 44.2 Å². The Kier molecular flexibility index (Phi) is 6.85. The fraction of sp³-hybridized carbons (Fsp3) is 0.588. The van der Waals surface area contributed by atoms with E-state index in [4.69, 9.17) is 5.73 Å². The molecule has 0 bridgehead atoms. The number of nitrogens with two attached hydrogens (primary N) is 1. The zero-order chi connectivity index (χ0) is 15.9. The van der Waals surface area contributed by atoms with Crippen molar-refractivity contribution in [1.29, 1.82) is 0 Å². The van der Waals surface area contributed by atoms with Crippen LogP contribution in [0.2, 0.25) is 0 Å². The van der Waals surface area contributed by atoms with Crippen LogP contribution in [0.5, 0.6) is 0 Å². The second-order valence-corrected chi connectivity index (χ2v) is 5.71. The summed E-state index contributed by atoms with van der Waals surface area (Å²) < 4.78 is 0. The minimum atomic E-state index is -0.808. The fourth-order valence-corrected chi connectivity index (χ4v) is 2.72. The summed E-state index contributed by atoms with van der Waals surface area (Å²) in [6, 6.07) is 9.98. The zero-order valence-electron chi connectivity index (χ0n) is 13.7. The van der Waals surface area contributed by atoms with Crippen LogP contribution in [0.4, 0.5) is 0 Å². The molecular formula is C17H29N3O. The topological polar surface area (TPSA) is 58.4 Å². The molecule has 1 unspecified atom stereocenters. The number of nitrogens with zero attached hydrogens (tertiary/aromatic N) is 1. The summed E-state index contributed by atoms with van der Waals surface area (Å²) in [7, 11) is 0. The monoisotopic (exact) mass is 291 g/mol. The van der Waals surface area contributed by atoms with Crippen molar-refractivity contribution < 1.29 is 4.79 Å². The Morgan fingerprint density at radius 1 is 1.24 bits per heavy atom. The van der Waals surface area contributed by atoms with Gasteiger partial charge in [0.1, 0.15) is 5.54 Å². The molecule has 0 radical (unpaired) electrons. The minimum Gasteiger partial charge on any atom is -0.368 e. The van der Waals surface area contributed by atoms with E-state index in [9.17, 15) is 4.79 Å². The van der Waals surface area contributed by atoms with Crippen LogP contribution in [0, 0.1) is 0 Å². The SMILES string of the molecule is CCN(CC)CCC(NC(C)C)(C(N)=O)c1ccccc1. The van der Waals surface area contributed by atoms with Crippen molar-refractivity contribution >= 4 is 5.91 Å². The summed E-state index contributed by atoms with van der Waals surface area (Å²) in [5.74, 6) is -0.311. The first-order chi connectivity index (χ1) is 9.96. The van der Waals surface area contributed by atoms with E-state index >= 15 is 0 Å². The molecule has 0 saturated heterocycles. The Morgan fingerprint density at radius 3 is 2.24 bits per heavy atom. The maximum Gasteiger partial charge on any atom is 0.242 e. The highest BCUT2D eigenvalue weighted by molar-refractivity contribution is 5.86. The molecule has 1 atom stereocenters. The molecule has 0 spiro atoms. The molecule has 0 fully saturated rings. The van der Waals surface area contributed by atoms with Crippen molar-refractivity contribution in [3.05, 3.63) is 35.9 Å². The van der Waals surface area contributed by atoms with Gasteiger partial charge in [-0.1, -0.05) is 44.2 Å². The predicted octanol–water partition coefficient (Wildman–Crippen LogP) is 2.10. The molecule has 0 heterocycles. The van der Waals surface area contributed by atoms with Crippen molar-refractivity contribution in [2.45, 2.75) is 45.7 Å². The zero-order valence-corrected chi connectivity index (χ0v) is 13.7. The van der Waals surface area contributed by atoms with Crippen molar-refractivity contribution in [2.24, 2.45) is 5.73 Å². The van der Waals surface area contributed by atoms with E-state index in [2.05, 4.69) is 24.1 Å². The third kappa shape index (κ3) is 4.55. The van der Waals surface area contributed by atoms with Gasteiger partial charge < -0.3 is 10.6 Å². The Labute approximate surface area is 128 Å². The van der Waals surface area contributed by atoms with E-state index in [0.717, 1.165) is 25.2 Å². The molecule has 4 nitrogen and oxygen atoms in total. The molecule has 4 heteroatoms. The molecule has 1 amide bonds. The molecule has 3 N–H and O–H groups in total. The highest BCUT2D eigenvalue weighted by atomic mass is 16.1. The van der Waals surface area contributed by atoms with Crippen molar-refractivity contribution in [1.82, 2.24) is 10.2 Å². The fourth-order valence-electron chi connectivity index (χ4n) is 2.72. The van der Waals surface area contributed by atoms with Crippen molar-refractivity contribution in [3.63, 3.8) is 0 Å². The number of rotatable bonds is 9. The first kappa shape index (κ1) is 17.7. The number of nitrogens with one attached hydrogen (secondary N) is 1. The van der Waals surface area contributed by atoms with Gasteiger partial charge in [-0.25, -0.2) is 0 Å². The molecule has 1 aromatic carbocycles. The van der Waals surface area contributed by atoms with Crippen LogP contribution in [-0.2, 0) is 10.3 Å². The average Bonchev–Trinajstić information content (AvgIpc) is 2.47. The summed E-state index contributed by atoms with van der Waals surface area (Å²) in [4.78, 5) is 14.6. The second-order valence-electron chi connectivity index (χ2n) is 5.71. The second kappa shape index (κ2) is 8.15. The maximum absolute atomic E-state index is 12.3. The van der Waals surface area contributed by atoms with Gasteiger partial charge in [0.15, 0.2) is 0 Å². The van der Waals surface area contributed by atoms with Gasteiger partial charge in [0.05, 0.1) is 0 Å². The minimum absolute atomic E-state index is 0.175. The average molecular weight is 291 g/mol. The lowest BCUT2D eigenvalue weighted by molar-refractivity contribution is -0.125. The lowest BCUT2D eigenvalue weighted by atomic mass is 9.84. The molecule has 21 heavy (non-hydrogen) atoms. The molecule has 1 rings (SSSR count). The first-order valence-corrected chi connectivity index (χ1v) is 7.81. The number of carbonyl (C=O) groups is 1. The van der Waals surface area contributed by atoms with Crippen molar-refractivity contribution in [2.75, 3.05) is 19.6 Å². The van der Waals surface area contributed by atoms with Gasteiger partial charge in [-0.15, -0.1) is 0 Å². The van der Waals surface area contributed by atoms with E-state index < -0.39 is 5.54 Å². The standard InChI is InChI=1S/C17H29N3O/c1-5-20(6-2)13-12-17(16(18)21,19-14(3)4)15-10-8-7-9-11-15/h7-11,14,19H,5-6,12-13H2,1-4H3,(H2,18,21). The van der Waals surface area contributed by atoms with Gasteiger partial charge in [-0.2, -0.15) is 0 Å². The van der Waals surface area contributed by atoms with E-state index in [1.54, 1.807) is 0 Å². The number of hydrogen-bond donors (Lipinski definition) is 2. The number of benzene rings is 1. The van der Waals surface area contributed by atoms with E-state index in [0.29, 0.717) is 6.42 Å². The van der Waals surface area contributed by atoms with Crippen LogP contribution in [0.3, 0.4) is 0 Å². The summed E-state index contributed by atoms with van der Waals surface area (Å²) in [6.45, 7) is 11.1. The van der Waals surface area contributed by atoms with Crippen LogP contribution in [-0.4, -0.2) is 36.5 Å². The van der Waals surface area contributed by atoms with Crippen LogP contribution in [0.1, 0.15) is 39.7 Å². The molecule has 1 aromatic rings. The van der Waals surface area contributed by atoms with Crippen LogP contribution in [0.15, 0.2) is 30.3 Å². The third-order valence-electron chi connectivity index (χ3n) is 3.92. The van der Waals surface area contributed by atoms with E-state index in [1.165, 1.54) is 0 Å². The molecular weight excluding hydrogens is 262 g/mol. The predicted molar refractivity (Wildman–Crippen MR) is 88.0 cm³/mol. The number of amides is 1. The molecule has 0 aromatic heterocycles. The Hall–Kier alpha value is -1.39. The summed E-state index contributed by atoms with van der Waals surface area (Å²) in [5.41, 5.74) is 5.94. The van der Waals surface area contributed by atoms with Gasteiger partial charge in [0, 0.05) is 12.6 Å². The summed E-state index contributed by atoms with van der Waals surface area (Å²) >= 11 is 0. The van der Waals surface area contributed by atoms with Crippen molar-refractivity contribution in [3.8, 4) is 0 Å². The van der Waals surface area contributed by atoms with Gasteiger partial charge >= 0.3 is 0 Å². The van der Waals surface area contributed by atoms with Gasteiger partial charge in [-0.05, 0) is 38.9 Å². The number of hydrogen-bond acceptors (Lipinski definition) is 3. The van der Waals surface area contributed by atoms with Gasteiger partial charge in [0.25, 0.3) is 0 Å². The highest BCUT2D eigenvalue weighted by Crippen LogP contribution is 2.26. The third-order valence-corrected chi connectivity index (χ3v) is 3.92. The summed E-state index contributed by atoms with van der Waals surface area (Å²) in [5, 5.41) is 3.41. The Morgan fingerprint density at radius 2 is 1.81 bits per heavy atom. The maximum atomic E-state index is 12.3. The largest absolute Gasteiger partial charge is 0.368 e. The lowest BCUT2D eigenvalue weighted by Gasteiger charge is -2.36. The smallest absolute Gasteiger partial charge is 0.242 e. The van der Waals surface area contributed by atoms with Crippen LogP contribution < -0.4 is 11.1 Å². The summed E-state index contributed by atoms with van der Waals surface area (Å²) in [6.07, 6.45) is 0.673. The Balaban J connectivity index is 3.10. The molecule has 0 aliphatic rings. The normalized spacial score (nSPS) is 14.4. The molecule has 0 aliphatic heterocycles. The highest BCUT2D eigenvalue weighted by Gasteiger charge is 2.38. The van der Waals surface area contributed by atoms with Gasteiger partial charge in [-0.3, -0.25) is 10.1 Å². The van der Waals surface area contributed by atoms with E-state index in [-0.39, 0.29) is 11.9 Å². The number of primary amides is 1. The Bertz CT molecular complexity index is 429. The quantitative estimate of drug-likeness (QED) is 0.732. The van der Waals surface area contributed by atoms with Gasteiger partial charge in [0.2, 0.25) is 5.91 Å². The van der Waals surface area contributed by atoms with Crippen LogP contribution in [0.25, 0.3) is 0 Å². The molecule has 118 valence electrons. The van der Waals surface area contributed by atoms with Crippen LogP contribution >= 0.6 is 0 Å².